The summed E-state index contributed by atoms with van der Waals surface area (Å²) in [6.07, 6.45) is 7.46. The Morgan fingerprint density at radius 3 is 2.79 bits per heavy atom. The number of aliphatic hydroxyl groups is 2. The molecule has 1 aromatic rings. The lowest BCUT2D eigenvalue weighted by Gasteiger charge is -2.26. The molecule has 33 heavy (non-hydrogen) atoms. The maximum atomic E-state index is 12.6. The summed E-state index contributed by atoms with van der Waals surface area (Å²) in [5, 5.41) is 24.0. The maximum Gasteiger partial charge on any atom is 0.374 e. The molecule has 3 aliphatic heterocycles. The fourth-order valence-electron chi connectivity index (χ4n) is 4.25. The quantitative estimate of drug-likeness (QED) is 0.434. The molecule has 178 valence electrons. The van der Waals surface area contributed by atoms with E-state index in [1.807, 2.05) is 18.5 Å². The third-order valence-corrected chi connectivity index (χ3v) is 5.96. The van der Waals surface area contributed by atoms with Crippen LogP contribution in [0.4, 0.5) is 0 Å². The van der Waals surface area contributed by atoms with Crippen LogP contribution in [-0.2, 0) is 22.6 Å². The molecule has 2 atom stereocenters. The van der Waals surface area contributed by atoms with Gasteiger partial charge in [-0.25, -0.2) is 4.79 Å². The Morgan fingerprint density at radius 1 is 1.39 bits per heavy atom. The first-order valence-corrected chi connectivity index (χ1v) is 11.1. The largest absolute Gasteiger partial charge is 0.496 e. The summed E-state index contributed by atoms with van der Waals surface area (Å²) in [5.74, 6) is 0.685. The molecule has 4 N–H and O–H groups in total. The number of nitrogens with one attached hydrogen (secondary N) is 2. The predicted octanol–water partition coefficient (Wildman–Crippen LogP) is 0.402. The van der Waals surface area contributed by atoms with Crippen molar-refractivity contribution in [2.24, 2.45) is 0 Å². The van der Waals surface area contributed by atoms with Crippen LogP contribution in [0.15, 0.2) is 30.3 Å². The number of quaternary nitrogens is 1. The molecule has 9 nitrogen and oxygen atoms in total. The highest BCUT2D eigenvalue weighted by molar-refractivity contribution is 5.96. The van der Waals surface area contributed by atoms with E-state index in [9.17, 15) is 15.0 Å². The van der Waals surface area contributed by atoms with Crippen molar-refractivity contribution >= 4 is 11.5 Å². The highest BCUT2D eigenvalue weighted by Crippen LogP contribution is 2.53. The van der Waals surface area contributed by atoms with Gasteiger partial charge < -0.3 is 34.5 Å². The molecule has 3 aliphatic rings. The zero-order valence-corrected chi connectivity index (χ0v) is 19.4. The van der Waals surface area contributed by atoms with Gasteiger partial charge >= 0.3 is 5.97 Å². The standard InChI is InChI=1S/C24H30N2O7/c1-5-31-23(28)17-10-14(6-8-26-9-7-25-13-26)19-21(30-4)15-11-18(24(2,3)29)33-20(15)16(12-27)22(19)32-17/h6-7,9-10,18,25,27,29H,5,8,11-13H2,1-4H3/p+1/b14-6+/t18-/m0/s1. The molecule has 0 saturated heterocycles. The van der Waals surface area contributed by atoms with Gasteiger partial charge in [0.25, 0.3) is 0 Å². The maximum absolute atomic E-state index is 12.6. The summed E-state index contributed by atoms with van der Waals surface area (Å²) < 4.78 is 23.0. The molecule has 0 bridgehead atoms. The molecule has 0 radical (unpaired) electrons. The van der Waals surface area contributed by atoms with Crippen molar-refractivity contribution in [3.8, 4) is 17.2 Å². The summed E-state index contributed by atoms with van der Waals surface area (Å²) in [4.78, 5) is 13.7. The lowest BCUT2D eigenvalue weighted by Crippen LogP contribution is -3.07. The minimum absolute atomic E-state index is 0.0226. The topological polar surface area (TPSA) is 111 Å². The van der Waals surface area contributed by atoms with Gasteiger partial charge in [0.15, 0.2) is 6.67 Å². The molecule has 0 aromatic heterocycles. The molecule has 0 amide bonds. The molecule has 1 aromatic carbocycles. The van der Waals surface area contributed by atoms with Crippen LogP contribution in [0.5, 0.6) is 17.2 Å². The second kappa shape index (κ2) is 9.09. The Morgan fingerprint density at radius 2 is 2.18 bits per heavy atom. The monoisotopic (exact) mass is 459 g/mol. The lowest BCUT2D eigenvalue weighted by molar-refractivity contribution is -0.836. The number of methoxy groups -OCH3 is 1. The van der Waals surface area contributed by atoms with Crippen molar-refractivity contribution in [1.29, 1.82) is 0 Å². The van der Waals surface area contributed by atoms with Crippen LogP contribution in [-0.4, -0.2) is 54.8 Å². The SMILES string of the molecule is CCOC(=O)C1=C/C(=C\C[NH+]2C=CNC2)c2c(OC)c3c(c(CO)c2O1)O[C@H](C(C)(C)O)C3. The Labute approximate surface area is 192 Å². The van der Waals surface area contributed by atoms with E-state index < -0.39 is 17.7 Å². The highest BCUT2D eigenvalue weighted by atomic mass is 16.6. The average Bonchev–Trinajstić information content (AvgIpc) is 3.45. The van der Waals surface area contributed by atoms with Gasteiger partial charge in [-0.2, -0.15) is 0 Å². The van der Waals surface area contributed by atoms with Crippen LogP contribution in [0, 0.1) is 0 Å². The van der Waals surface area contributed by atoms with Gasteiger partial charge in [-0.3, -0.25) is 4.90 Å². The lowest BCUT2D eigenvalue weighted by atomic mass is 9.90. The average molecular weight is 460 g/mol. The van der Waals surface area contributed by atoms with E-state index in [-0.39, 0.29) is 19.0 Å². The Hall–Kier alpha value is -3.01. The van der Waals surface area contributed by atoms with Gasteiger partial charge in [0.05, 0.1) is 43.3 Å². The van der Waals surface area contributed by atoms with E-state index in [1.165, 1.54) is 4.90 Å². The highest BCUT2D eigenvalue weighted by Gasteiger charge is 2.42. The number of aliphatic hydroxyl groups excluding tert-OH is 1. The summed E-state index contributed by atoms with van der Waals surface area (Å²) in [6, 6.07) is 0. The number of carbonyl (C=O) groups excluding carboxylic acids is 1. The van der Waals surface area contributed by atoms with E-state index in [0.717, 1.165) is 17.8 Å². The van der Waals surface area contributed by atoms with Crippen molar-refractivity contribution in [1.82, 2.24) is 5.32 Å². The molecule has 3 heterocycles. The van der Waals surface area contributed by atoms with E-state index >= 15 is 0 Å². The van der Waals surface area contributed by atoms with Crippen LogP contribution in [0.3, 0.4) is 0 Å². The van der Waals surface area contributed by atoms with Crippen molar-refractivity contribution in [2.45, 2.75) is 45.5 Å². The first kappa shape index (κ1) is 23.2. The fraction of sp³-hybridized carbons (Fsp3) is 0.458. The normalized spacial score (nSPS) is 22.1. The number of fused-ring (bicyclic) bond motifs is 2. The number of carbonyl (C=O) groups is 1. The van der Waals surface area contributed by atoms with Crippen LogP contribution in [0.1, 0.15) is 37.5 Å². The Balaban J connectivity index is 1.87. The van der Waals surface area contributed by atoms with E-state index in [1.54, 1.807) is 34.0 Å². The summed E-state index contributed by atoms with van der Waals surface area (Å²) >= 11 is 0. The van der Waals surface area contributed by atoms with Crippen LogP contribution in [0.25, 0.3) is 5.57 Å². The minimum Gasteiger partial charge on any atom is -0.496 e. The molecule has 1 unspecified atom stereocenters. The molecule has 9 heteroatoms. The summed E-state index contributed by atoms with van der Waals surface area (Å²) in [6.45, 7) is 6.32. The zero-order valence-electron chi connectivity index (χ0n) is 19.4. The van der Waals surface area contributed by atoms with Crippen LogP contribution < -0.4 is 24.4 Å². The van der Waals surface area contributed by atoms with Crippen molar-refractivity contribution < 1.29 is 38.9 Å². The van der Waals surface area contributed by atoms with Gasteiger partial charge in [0.2, 0.25) is 5.76 Å². The second-order valence-electron chi connectivity index (χ2n) is 8.71. The third-order valence-electron chi connectivity index (χ3n) is 5.96. The molecular formula is C24H31N2O7+. The minimum atomic E-state index is -1.11. The van der Waals surface area contributed by atoms with Crippen LogP contribution >= 0.6 is 0 Å². The third kappa shape index (κ3) is 4.31. The van der Waals surface area contributed by atoms with Gasteiger partial charge in [0, 0.05) is 12.0 Å². The van der Waals surface area contributed by atoms with Gasteiger partial charge in [-0.1, -0.05) is 0 Å². The molecule has 0 saturated carbocycles. The first-order valence-electron chi connectivity index (χ1n) is 11.1. The van der Waals surface area contributed by atoms with E-state index in [0.29, 0.717) is 41.3 Å². The summed E-state index contributed by atoms with van der Waals surface area (Å²) in [7, 11) is 1.56. The molecular weight excluding hydrogens is 428 g/mol. The van der Waals surface area contributed by atoms with Crippen LogP contribution in [0.2, 0.25) is 0 Å². The smallest absolute Gasteiger partial charge is 0.374 e. The number of benzene rings is 1. The number of hydrogen-bond donors (Lipinski definition) is 4. The number of ether oxygens (including phenoxy) is 4. The number of allylic oxidation sites excluding steroid dienone is 2. The van der Waals surface area contributed by atoms with E-state index in [2.05, 4.69) is 5.32 Å². The van der Waals surface area contributed by atoms with Crippen molar-refractivity contribution in [2.75, 3.05) is 26.9 Å². The van der Waals surface area contributed by atoms with Gasteiger partial charge in [-0.15, -0.1) is 0 Å². The molecule has 4 rings (SSSR count). The zero-order chi connectivity index (χ0) is 23.8. The summed E-state index contributed by atoms with van der Waals surface area (Å²) in [5.41, 5.74) is 1.43. The number of hydrogen-bond acceptors (Lipinski definition) is 8. The molecule has 0 aliphatic carbocycles. The van der Waals surface area contributed by atoms with Crippen molar-refractivity contribution in [3.05, 3.63) is 47.0 Å². The van der Waals surface area contributed by atoms with E-state index in [4.69, 9.17) is 18.9 Å². The number of esters is 1. The second-order valence-corrected chi connectivity index (χ2v) is 8.71. The first-order chi connectivity index (χ1) is 15.8. The Kier molecular flexibility index (Phi) is 6.38. The molecule has 0 spiro atoms. The predicted molar refractivity (Wildman–Crippen MR) is 120 cm³/mol. The van der Waals surface area contributed by atoms with Gasteiger partial charge in [-0.05, 0) is 38.5 Å². The Bertz CT molecular complexity index is 1040. The van der Waals surface area contributed by atoms with Crippen molar-refractivity contribution in [3.63, 3.8) is 0 Å². The van der Waals surface area contributed by atoms with Gasteiger partial charge in [0.1, 0.15) is 36.1 Å². The fourth-order valence-corrected chi connectivity index (χ4v) is 4.25. The number of rotatable bonds is 7. The molecule has 0 fully saturated rings.